The van der Waals surface area contributed by atoms with E-state index in [2.05, 4.69) is 20.2 Å². The number of ether oxygens (including phenoxy) is 1. The molecule has 0 unspecified atom stereocenters. The van der Waals surface area contributed by atoms with Crippen molar-refractivity contribution in [2.75, 3.05) is 39.4 Å². The number of carbonyl (C=O) groups is 1. The van der Waals surface area contributed by atoms with Gasteiger partial charge in [-0.15, -0.1) is 0 Å². The third-order valence-corrected chi connectivity index (χ3v) is 6.54. The lowest BCUT2D eigenvalue weighted by atomic mass is 9.98. The van der Waals surface area contributed by atoms with Crippen LogP contribution >= 0.6 is 11.6 Å². The number of aromatic nitrogens is 2. The fourth-order valence-electron chi connectivity index (χ4n) is 4.53. The van der Waals surface area contributed by atoms with Gasteiger partial charge in [-0.25, -0.2) is 0 Å². The van der Waals surface area contributed by atoms with Crippen LogP contribution < -0.4 is 10.9 Å². The molecule has 180 valence electrons. The number of carbonyl (C=O) groups excluding carboxylic acids is 1. The van der Waals surface area contributed by atoms with Crippen LogP contribution in [0.2, 0.25) is 5.02 Å². The summed E-state index contributed by atoms with van der Waals surface area (Å²) in [5.41, 5.74) is 4.12. The highest BCUT2D eigenvalue weighted by molar-refractivity contribution is 6.31. The van der Waals surface area contributed by atoms with Gasteiger partial charge >= 0.3 is 0 Å². The van der Waals surface area contributed by atoms with Gasteiger partial charge in [-0.3, -0.25) is 14.5 Å². The number of pyridine rings is 1. The van der Waals surface area contributed by atoms with E-state index < -0.39 is 0 Å². The lowest BCUT2D eigenvalue weighted by molar-refractivity contribution is 0.0374. The zero-order chi connectivity index (χ0) is 24.2. The molecule has 1 saturated heterocycles. The van der Waals surface area contributed by atoms with E-state index in [9.17, 15) is 9.59 Å². The fourth-order valence-corrected chi connectivity index (χ4v) is 4.72. The maximum absolute atomic E-state index is 12.9. The summed E-state index contributed by atoms with van der Waals surface area (Å²) in [5, 5.41) is 4.49. The quantitative estimate of drug-likeness (QED) is 0.337. The van der Waals surface area contributed by atoms with E-state index in [0.717, 1.165) is 61.3 Å². The van der Waals surface area contributed by atoms with Gasteiger partial charge in [0.2, 0.25) is 0 Å². The number of morpholine rings is 1. The van der Waals surface area contributed by atoms with E-state index in [4.69, 9.17) is 16.3 Å². The Morgan fingerprint density at radius 1 is 1.09 bits per heavy atom. The first-order valence-corrected chi connectivity index (χ1v) is 12.2. The molecule has 4 aromatic rings. The van der Waals surface area contributed by atoms with Gasteiger partial charge in [0.1, 0.15) is 0 Å². The number of nitrogens with zero attached hydrogens (tertiary/aromatic N) is 1. The van der Waals surface area contributed by atoms with Gasteiger partial charge < -0.3 is 20.0 Å². The number of nitrogens with one attached hydrogen (secondary N) is 3. The summed E-state index contributed by atoms with van der Waals surface area (Å²) in [6.07, 6.45) is 2.49. The first-order chi connectivity index (χ1) is 17.1. The van der Waals surface area contributed by atoms with Gasteiger partial charge in [0.25, 0.3) is 11.5 Å². The van der Waals surface area contributed by atoms with Gasteiger partial charge in [0.15, 0.2) is 0 Å². The number of amides is 1. The molecule has 2 aromatic carbocycles. The second-order valence-electron chi connectivity index (χ2n) is 8.62. The molecule has 1 fully saturated rings. The van der Waals surface area contributed by atoms with Gasteiger partial charge in [0, 0.05) is 52.9 Å². The van der Waals surface area contributed by atoms with Crippen LogP contribution in [0.25, 0.3) is 33.3 Å². The molecule has 1 aliphatic heterocycles. The van der Waals surface area contributed by atoms with E-state index in [-0.39, 0.29) is 11.5 Å². The third-order valence-electron chi connectivity index (χ3n) is 6.30. The van der Waals surface area contributed by atoms with Crippen molar-refractivity contribution in [2.24, 2.45) is 0 Å². The highest BCUT2D eigenvalue weighted by Crippen LogP contribution is 2.38. The molecule has 8 heteroatoms. The van der Waals surface area contributed by atoms with Crippen molar-refractivity contribution in [2.45, 2.75) is 6.42 Å². The van der Waals surface area contributed by atoms with Crippen LogP contribution in [0, 0.1) is 0 Å². The SMILES string of the molecule is O=C(NCCCN1CCOCC1)c1ccc2[nH]c(-c3ccc[nH]c3=O)c(-c3cccc(Cl)c3)c2c1. The molecule has 3 N–H and O–H groups in total. The molecule has 0 spiro atoms. The molecule has 0 radical (unpaired) electrons. The topological polar surface area (TPSA) is 90.2 Å². The number of benzene rings is 2. The van der Waals surface area contributed by atoms with Crippen LogP contribution in [0.4, 0.5) is 0 Å². The molecule has 0 aliphatic carbocycles. The number of rotatable bonds is 7. The van der Waals surface area contributed by atoms with Crippen molar-refractivity contribution >= 4 is 28.4 Å². The van der Waals surface area contributed by atoms with E-state index >= 15 is 0 Å². The van der Waals surface area contributed by atoms with E-state index in [1.54, 1.807) is 24.4 Å². The molecule has 3 heterocycles. The summed E-state index contributed by atoms with van der Waals surface area (Å²) in [4.78, 5) is 34.0. The number of hydrogen-bond donors (Lipinski definition) is 3. The highest BCUT2D eigenvalue weighted by Gasteiger charge is 2.19. The largest absolute Gasteiger partial charge is 0.379 e. The Bertz CT molecular complexity index is 1410. The number of hydrogen-bond acceptors (Lipinski definition) is 4. The summed E-state index contributed by atoms with van der Waals surface area (Å²) < 4.78 is 5.38. The average molecular weight is 491 g/mol. The summed E-state index contributed by atoms with van der Waals surface area (Å²) in [6, 6.07) is 16.6. The molecule has 7 nitrogen and oxygen atoms in total. The Labute approximate surface area is 208 Å². The molecule has 35 heavy (non-hydrogen) atoms. The number of H-pyrrole nitrogens is 2. The number of halogens is 1. The maximum atomic E-state index is 12.9. The Morgan fingerprint density at radius 2 is 1.94 bits per heavy atom. The minimum atomic E-state index is -0.194. The zero-order valence-electron chi connectivity index (χ0n) is 19.3. The van der Waals surface area contributed by atoms with Crippen LogP contribution in [0.1, 0.15) is 16.8 Å². The van der Waals surface area contributed by atoms with E-state index in [1.165, 1.54) is 0 Å². The average Bonchev–Trinajstić information content (AvgIpc) is 3.26. The molecule has 0 saturated carbocycles. The minimum Gasteiger partial charge on any atom is -0.379 e. The van der Waals surface area contributed by atoms with Crippen LogP contribution in [0.15, 0.2) is 65.6 Å². The van der Waals surface area contributed by atoms with Crippen molar-refractivity contribution in [3.05, 3.63) is 81.7 Å². The molecule has 5 rings (SSSR count). The lowest BCUT2D eigenvalue weighted by Gasteiger charge is -2.26. The molecule has 0 bridgehead atoms. The van der Waals surface area contributed by atoms with Crippen molar-refractivity contribution in [3.63, 3.8) is 0 Å². The van der Waals surface area contributed by atoms with E-state index in [1.807, 2.05) is 36.4 Å². The van der Waals surface area contributed by atoms with Gasteiger partial charge in [-0.05, 0) is 61.0 Å². The standard InChI is InChI=1S/C27H27ClN4O3/c28-20-5-1-4-18(16-20)24-22-17-19(26(33)29-10-3-11-32-12-14-35-15-13-32)7-8-23(22)31-25(24)21-6-2-9-30-27(21)34/h1-2,4-9,16-17,31H,3,10-15H2,(H,29,33)(H,30,34). The first-order valence-electron chi connectivity index (χ1n) is 11.8. The number of aromatic amines is 2. The predicted molar refractivity (Wildman–Crippen MR) is 139 cm³/mol. The van der Waals surface area contributed by atoms with Crippen LogP contribution in [-0.4, -0.2) is 60.2 Å². The van der Waals surface area contributed by atoms with Crippen LogP contribution in [0.5, 0.6) is 0 Å². The normalized spacial score (nSPS) is 14.3. The minimum absolute atomic E-state index is 0.119. The Morgan fingerprint density at radius 3 is 2.74 bits per heavy atom. The second-order valence-corrected chi connectivity index (χ2v) is 9.06. The molecular formula is C27H27ClN4O3. The molecule has 1 amide bonds. The summed E-state index contributed by atoms with van der Waals surface area (Å²) in [7, 11) is 0. The van der Waals surface area contributed by atoms with Crippen molar-refractivity contribution < 1.29 is 9.53 Å². The van der Waals surface area contributed by atoms with Gasteiger partial charge in [-0.1, -0.05) is 23.7 Å². The summed E-state index contributed by atoms with van der Waals surface area (Å²) in [6.45, 7) is 4.97. The molecule has 1 aliphatic rings. The summed E-state index contributed by atoms with van der Waals surface area (Å²) >= 11 is 6.30. The second kappa shape index (κ2) is 10.5. The molecule has 0 atom stereocenters. The van der Waals surface area contributed by atoms with Crippen LogP contribution in [-0.2, 0) is 4.74 Å². The highest BCUT2D eigenvalue weighted by atomic mass is 35.5. The van der Waals surface area contributed by atoms with Crippen molar-refractivity contribution in [1.82, 2.24) is 20.2 Å². The monoisotopic (exact) mass is 490 g/mol. The smallest absolute Gasteiger partial charge is 0.257 e. The molecular weight excluding hydrogens is 464 g/mol. The Balaban J connectivity index is 1.44. The summed E-state index contributed by atoms with van der Waals surface area (Å²) in [5.74, 6) is -0.119. The zero-order valence-corrected chi connectivity index (χ0v) is 20.0. The van der Waals surface area contributed by atoms with Gasteiger partial charge in [-0.2, -0.15) is 0 Å². The van der Waals surface area contributed by atoms with E-state index in [0.29, 0.717) is 28.4 Å². The van der Waals surface area contributed by atoms with Gasteiger partial charge in [0.05, 0.1) is 24.5 Å². The lowest BCUT2D eigenvalue weighted by Crippen LogP contribution is -2.38. The predicted octanol–water partition coefficient (Wildman–Crippen LogP) is 4.30. The Hall–Kier alpha value is -3.39. The molecule has 2 aromatic heterocycles. The Kier molecular flexibility index (Phi) is 6.99. The number of fused-ring (bicyclic) bond motifs is 1. The van der Waals surface area contributed by atoms with Crippen LogP contribution in [0.3, 0.4) is 0 Å². The fraction of sp³-hybridized carbons (Fsp3) is 0.259. The first kappa shape index (κ1) is 23.4. The van der Waals surface area contributed by atoms with Crippen molar-refractivity contribution in [1.29, 1.82) is 0 Å². The maximum Gasteiger partial charge on any atom is 0.257 e. The third kappa shape index (κ3) is 5.17. The van der Waals surface area contributed by atoms with Crippen molar-refractivity contribution in [3.8, 4) is 22.4 Å².